The molecule has 2 aromatic carbocycles. The second-order valence-electron chi connectivity index (χ2n) is 7.20. The molecule has 2 heterocycles. The van der Waals surface area contributed by atoms with Crippen LogP contribution in [0.15, 0.2) is 53.9 Å². The van der Waals surface area contributed by atoms with Crippen LogP contribution in [0, 0.1) is 20.8 Å². The van der Waals surface area contributed by atoms with Crippen molar-refractivity contribution in [3.63, 3.8) is 0 Å². The van der Waals surface area contributed by atoms with Crippen molar-refractivity contribution in [1.82, 2.24) is 14.8 Å². The predicted octanol–water partition coefficient (Wildman–Crippen LogP) is 5.89. The lowest BCUT2D eigenvalue weighted by Crippen LogP contribution is -2.13. The molecule has 0 unspecified atom stereocenters. The largest absolute Gasteiger partial charge is 0.298 e. The third kappa shape index (κ3) is 4.15. The SMILES string of the molecule is Cc1ccc(C)c(-c2csc(NC(=O)c3c(C)nn(Cc4ccccc4)c3Cl)n2)c1. The van der Waals surface area contributed by atoms with Crippen molar-refractivity contribution in [1.29, 1.82) is 0 Å². The maximum atomic E-state index is 12.9. The standard InChI is InChI=1S/C23H21ClN4OS/c1-14-9-10-15(2)18(11-14)19-13-30-23(25-19)26-22(29)20-16(3)27-28(21(20)24)12-17-7-5-4-6-8-17/h4-11,13H,12H2,1-3H3,(H,25,26,29). The van der Waals surface area contributed by atoms with Gasteiger partial charge in [0, 0.05) is 10.9 Å². The van der Waals surface area contributed by atoms with E-state index in [1.807, 2.05) is 35.7 Å². The van der Waals surface area contributed by atoms with Crippen LogP contribution in [0.4, 0.5) is 5.13 Å². The molecule has 1 amide bonds. The molecule has 0 bridgehead atoms. The molecule has 0 radical (unpaired) electrons. The molecular weight excluding hydrogens is 416 g/mol. The first-order chi connectivity index (χ1) is 14.4. The highest BCUT2D eigenvalue weighted by Crippen LogP contribution is 2.29. The van der Waals surface area contributed by atoms with Gasteiger partial charge in [0.25, 0.3) is 5.91 Å². The third-order valence-corrected chi connectivity index (χ3v) is 6.00. The van der Waals surface area contributed by atoms with Crippen molar-refractivity contribution in [2.24, 2.45) is 0 Å². The Morgan fingerprint density at radius 3 is 2.67 bits per heavy atom. The molecule has 30 heavy (non-hydrogen) atoms. The molecule has 0 saturated heterocycles. The number of nitrogens with zero attached hydrogens (tertiary/aromatic N) is 3. The van der Waals surface area contributed by atoms with Gasteiger partial charge in [-0.25, -0.2) is 9.67 Å². The van der Waals surface area contributed by atoms with Crippen LogP contribution in [-0.2, 0) is 6.54 Å². The average molecular weight is 437 g/mol. The number of aryl methyl sites for hydroxylation is 3. The Labute approximate surface area is 184 Å². The zero-order valence-corrected chi connectivity index (χ0v) is 18.5. The van der Waals surface area contributed by atoms with Crippen LogP contribution >= 0.6 is 22.9 Å². The van der Waals surface area contributed by atoms with Crippen LogP contribution in [0.3, 0.4) is 0 Å². The van der Waals surface area contributed by atoms with Crippen molar-refractivity contribution in [2.75, 3.05) is 5.32 Å². The highest BCUT2D eigenvalue weighted by Gasteiger charge is 2.21. The van der Waals surface area contributed by atoms with E-state index in [2.05, 4.69) is 47.4 Å². The number of hydrogen-bond donors (Lipinski definition) is 1. The summed E-state index contributed by atoms with van der Waals surface area (Å²) < 4.78 is 1.64. The number of amides is 1. The minimum Gasteiger partial charge on any atom is -0.298 e. The number of anilines is 1. The summed E-state index contributed by atoms with van der Waals surface area (Å²) in [5.74, 6) is -0.307. The fourth-order valence-electron chi connectivity index (χ4n) is 3.30. The molecule has 0 saturated carbocycles. The molecule has 1 N–H and O–H groups in total. The van der Waals surface area contributed by atoms with Crippen molar-refractivity contribution in [3.8, 4) is 11.3 Å². The number of thiazole rings is 1. The van der Waals surface area contributed by atoms with Crippen molar-refractivity contribution in [2.45, 2.75) is 27.3 Å². The van der Waals surface area contributed by atoms with E-state index in [1.165, 1.54) is 16.9 Å². The second kappa shape index (κ2) is 8.42. The van der Waals surface area contributed by atoms with Gasteiger partial charge in [0.15, 0.2) is 5.13 Å². The number of carbonyl (C=O) groups excluding carboxylic acids is 1. The molecule has 152 valence electrons. The van der Waals surface area contributed by atoms with Gasteiger partial charge in [0.2, 0.25) is 0 Å². The summed E-state index contributed by atoms with van der Waals surface area (Å²) in [7, 11) is 0. The van der Waals surface area contributed by atoms with E-state index >= 15 is 0 Å². The van der Waals surface area contributed by atoms with Gasteiger partial charge in [-0.1, -0.05) is 59.6 Å². The number of hydrogen-bond acceptors (Lipinski definition) is 4. The van der Waals surface area contributed by atoms with Gasteiger partial charge in [-0.05, 0) is 38.0 Å². The van der Waals surface area contributed by atoms with Crippen LogP contribution in [0.5, 0.6) is 0 Å². The summed E-state index contributed by atoms with van der Waals surface area (Å²) in [4.78, 5) is 17.5. The summed E-state index contributed by atoms with van der Waals surface area (Å²) in [6.07, 6.45) is 0. The molecule has 0 fully saturated rings. The Balaban J connectivity index is 1.55. The average Bonchev–Trinajstić information content (AvgIpc) is 3.28. The van der Waals surface area contributed by atoms with Crippen LogP contribution in [-0.4, -0.2) is 20.7 Å². The summed E-state index contributed by atoms with van der Waals surface area (Å²) >= 11 is 7.89. The summed E-state index contributed by atoms with van der Waals surface area (Å²) in [6, 6.07) is 16.1. The maximum Gasteiger partial charge on any atom is 0.262 e. The molecule has 4 aromatic rings. The Morgan fingerprint density at radius 1 is 1.13 bits per heavy atom. The van der Waals surface area contributed by atoms with Crippen LogP contribution in [0.2, 0.25) is 5.15 Å². The minimum absolute atomic E-state index is 0.307. The van der Waals surface area contributed by atoms with Gasteiger partial charge >= 0.3 is 0 Å². The summed E-state index contributed by atoms with van der Waals surface area (Å²) in [5, 5.41) is 10.1. The lowest BCUT2D eigenvalue weighted by atomic mass is 10.0. The van der Waals surface area contributed by atoms with E-state index in [0.717, 1.165) is 22.4 Å². The number of nitrogens with one attached hydrogen (secondary N) is 1. The molecule has 4 rings (SSSR count). The fourth-order valence-corrected chi connectivity index (χ4v) is 4.32. The quantitative estimate of drug-likeness (QED) is 0.424. The first-order valence-corrected chi connectivity index (χ1v) is 10.8. The first kappa shape index (κ1) is 20.3. The number of rotatable bonds is 5. The van der Waals surface area contributed by atoms with Gasteiger partial charge in [0.05, 0.1) is 23.5 Å². The maximum absolute atomic E-state index is 12.9. The molecule has 0 aliphatic carbocycles. The Hall–Kier alpha value is -2.96. The van der Waals surface area contributed by atoms with E-state index in [-0.39, 0.29) is 5.91 Å². The zero-order valence-electron chi connectivity index (χ0n) is 16.9. The normalized spacial score (nSPS) is 10.9. The predicted molar refractivity (Wildman–Crippen MR) is 122 cm³/mol. The van der Waals surface area contributed by atoms with Gasteiger partial charge in [-0.3, -0.25) is 10.1 Å². The molecule has 7 heteroatoms. The fraction of sp³-hybridized carbons (Fsp3) is 0.174. The highest BCUT2D eigenvalue weighted by atomic mass is 35.5. The van der Waals surface area contributed by atoms with Crippen LogP contribution < -0.4 is 5.32 Å². The molecular formula is C23H21ClN4OS. The lowest BCUT2D eigenvalue weighted by molar-refractivity contribution is 0.102. The van der Waals surface area contributed by atoms with Crippen LogP contribution in [0.1, 0.15) is 32.7 Å². The number of halogens is 1. The van der Waals surface area contributed by atoms with Gasteiger partial charge in [0.1, 0.15) is 5.15 Å². The van der Waals surface area contributed by atoms with Gasteiger partial charge in [-0.15, -0.1) is 11.3 Å². The number of benzene rings is 2. The summed E-state index contributed by atoms with van der Waals surface area (Å²) in [5.41, 5.74) is 6.24. The van der Waals surface area contributed by atoms with Crippen molar-refractivity contribution < 1.29 is 4.79 Å². The lowest BCUT2D eigenvalue weighted by Gasteiger charge is -2.05. The van der Waals surface area contributed by atoms with E-state index in [1.54, 1.807) is 11.6 Å². The minimum atomic E-state index is -0.307. The monoisotopic (exact) mass is 436 g/mol. The topological polar surface area (TPSA) is 59.8 Å². The molecule has 0 aliphatic heterocycles. The smallest absolute Gasteiger partial charge is 0.262 e. The third-order valence-electron chi connectivity index (χ3n) is 4.86. The van der Waals surface area contributed by atoms with Crippen molar-refractivity contribution >= 4 is 34.0 Å². The molecule has 5 nitrogen and oxygen atoms in total. The van der Waals surface area contributed by atoms with E-state index in [4.69, 9.17) is 11.6 Å². The van der Waals surface area contributed by atoms with Crippen molar-refractivity contribution in [3.05, 3.63) is 87.0 Å². The van der Waals surface area contributed by atoms with Gasteiger partial charge < -0.3 is 0 Å². The van der Waals surface area contributed by atoms with E-state index < -0.39 is 0 Å². The van der Waals surface area contributed by atoms with E-state index in [0.29, 0.717) is 28.1 Å². The Kier molecular flexibility index (Phi) is 5.70. The Bertz CT molecular complexity index is 1210. The number of aromatic nitrogens is 3. The zero-order chi connectivity index (χ0) is 21.3. The summed E-state index contributed by atoms with van der Waals surface area (Å²) in [6.45, 7) is 6.39. The molecule has 0 spiro atoms. The highest BCUT2D eigenvalue weighted by molar-refractivity contribution is 7.14. The Morgan fingerprint density at radius 2 is 1.90 bits per heavy atom. The van der Waals surface area contributed by atoms with Crippen LogP contribution in [0.25, 0.3) is 11.3 Å². The second-order valence-corrected chi connectivity index (χ2v) is 8.42. The molecule has 0 aliphatic rings. The number of carbonyl (C=O) groups is 1. The van der Waals surface area contributed by atoms with Gasteiger partial charge in [-0.2, -0.15) is 5.10 Å². The molecule has 2 aromatic heterocycles. The molecule has 0 atom stereocenters. The van der Waals surface area contributed by atoms with E-state index in [9.17, 15) is 4.79 Å². The first-order valence-electron chi connectivity index (χ1n) is 9.53.